The second kappa shape index (κ2) is 3.94. The van der Waals surface area contributed by atoms with E-state index in [1.807, 2.05) is 28.9 Å². The molecule has 0 saturated carbocycles. The largest absolute Gasteiger partial charge is 0.508 e. The molecule has 3 nitrogen and oxygen atoms in total. The van der Waals surface area contributed by atoms with Crippen molar-refractivity contribution in [3.8, 4) is 5.75 Å². The Labute approximate surface area is 98.9 Å². The van der Waals surface area contributed by atoms with Crippen LogP contribution in [0.2, 0.25) is 0 Å². The lowest BCUT2D eigenvalue weighted by Gasteiger charge is -2.03. The maximum Gasteiger partial charge on any atom is 0.116 e. The van der Waals surface area contributed by atoms with Gasteiger partial charge < -0.3 is 5.11 Å². The predicted octanol–water partition coefficient (Wildman–Crippen LogP) is 2.79. The Morgan fingerprint density at radius 3 is 2.71 bits per heavy atom. The van der Waals surface area contributed by atoms with Crippen molar-refractivity contribution in [1.29, 1.82) is 0 Å². The Balaban J connectivity index is 2.01. The van der Waals surface area contributed by atoms with Gasteiger partial charge in [0.05, 0.1) is 18.3 Å². The average Bonchev–Trinajstić information content (AvgIpc) is 2.73. The molecule has 0 atom stereocenters. The van der Waals surface area contributed by atoms with E-state index in [0.29, 0.717) is 0 Å². The molecule has 0 saturated heterocycles. The van der Waals surface area contributed by atoms with Crippen molar-refractivity contribution in [2.45, 2.75) is 6.54 Å². The summed E-state index contributed by atoms with van der Waals surface area (Å²) in [5, 5.41) is 14.7. The number of rotatable bonds is 2. The summed E-state index contributed by atoms with van der Waals surface area (Å²) in [5.41, 5.74) is 2.25. The van der Waals surface area contributed by atoms with Gasteiger partial charge in [-0.3, -0.25) is 4.68 Å². The van der Waals surface area contributed by atoms with Crippen molar-refractivity contribution < 1.29 is 5.11 Å². The van der Waals surface area contributed by atoms with Crippen LogP contribution in [0.5, 0.6) is 5.75 Å². The first-order valence-electron chi connectivity index (χ1n) is 5.51. The third-order valence-electron chi connectivity index (χ3n) is 2.80. The van der Waals surface area contributed by atoms with Crippen LogP contribution < -0.4 is 0 Å². The lowest BCUT2D eigenvalue weighted by Crippen LogP contribution is -2.00. The van der Waals surface area contributed by atoms with E-state index < -0.39 is 0 Å². The molecule has 0 aliphatic rings. The smallest absolute Gasteiger partial charge is 0.116 e. The van der Waals surface area contributed by atoms with E-state index in [2.05, 4.69) is 17.2 Å². The molecule has 0 radical (unpaired) electrons. The molecule has 0 unspecified atom stereocenters. The first-order chi connectivity index (χ1) is 8.33. The van der Waals surface area contributed by atoms with Crippen molar-refractivity contribution in [1.82, 2.24) is 9.78 Å². The third-order valence-corrected chi connectivity index (χ3v) is 2.80. The number of hydrogen-bond donors (Lipinski definition) is 1. The molecule has 0 aliphatic heterocycles. The molecule has 3 aromatic rings. The van der Waals surface area contributed by atoms with Crippen LogP contribution in [-0.4, -0.2) is 14.9 Å². The average molecular weight is 224 g/mol. The number of hydrogen-bond acceptors (Lipinski definition) is 2. The SMILES string of the molecule is Oc1ccc2c(cnn2Cc2ccccc2)c1. The van der Waals surface area contributed by atoms with Crippen LogP contribution in [0.25, 0.3) is 10.9 Å². The molecule has 0 bridgehead atoms. The molecule has 0 amide bonds. The fraction of sp³-hybridized carbons (Fsp3) is 0.0714. The number of aromatic hydroxyl groups is 1. The second-order valence-corrected chi connectivity index (χ2v) is 4.03. The van der Waals surface area contributed by atoms with Crippen LogP contribution >= 0.6 is 0 Å². The van der Waals surface area contributed by atoms with Gasteiger partial charge in [0.25, 0.3) is 0 Å². The minimum Gasteiger partial charge on any atom is -0.508 e. The summed E-state index contributed by atoms with van der Waals surface area (Å²) in [5.74, 6) is 0.275. The summed E-state index contributed by atoms with van der Waals surface area (Å²) >= 11 is 0. The zero-order valence-electron chi connectivity index (χ0n) is 9.24. The molecule has 84 valence electrons. The van der Waals surface area contributed by atoms with Gasteiger partial charge in [-0.2, -0.15) is 5.10 Å². The fourth-order valence-electron chi connectivity index (χ4n) is 1.96. The molecule has 3 heteroatoms. The molecule has 2 aromatic carbocycles. The van der Waals surface area contributed by atoms with E-state index >= 15 is 0 Å². The van der Waals surface area contributed by atoms with Gasteiger partial charge >= 0.3 is 0 Å². The Hall–Kier alpha value is -2.29. The molecule has 1 heterocycles. The van der Waals surface area contributed by atoms with E-state index in [0.717, 1.165) is 17.4 Å². The van der Waals surface area contributed by atoms with Crippen LogP contribution in [0.4, 0.5) is 0 Å². The van der Waals surface area contributed by atoms with Gasteiger partial charge in [0, 0.05) is 5.39 Å². The van der Waals surface area contributed by atoms with Gasteiger partial charge in [0.2, 0.25) is 0 Å². The molecule has 0 aliphatic carbocycles. The quantitative estimate of drug-likeness (QED) is 0.726. The Kier molecular flexibility index (Phi) is 2.29. The summed E-state index contributed by atoms with van der Waals surface area (Å²) in [6.45, 7) is 0.745. The molecule has 1 aromatic heterocycles. The van der Waals surface area contributed by atoms with Crippen LogP contribution in [-0.2, 0) is 6.54 Å². The highest BCUT2D eigenvalue weighted by molar-refractivity contribution is 5.80. The fourth-order valence-corrected chi connectivity index (χ4v) is 1.96. The highest BCUT2D eigenvalue weighted by Crippen LogP contribution is 2.20. The van der Waals surface area contributed by atoms with Gasteiger partial charge in [0.1, 0.15) is 5.75 Å². The number of benzene rings is 2. The van der Waals surface area contributed by atoms with Crippen molar-refractivity contribution in [2.75, 3.05) is 0 Å². The minimum absolute atomic E-state index is 0.275. The highest BCUT2D eigenvalue weighted by atomic mass is 16.3. The maximum atomic E-state index is 9.39. The number of phenolic OH excluding ortho intramolecular Hbond substituents is 1. The van der Waals surface area contributed by atoms with E-state index in [-0.39, 0.29) is 5.75 Å². The van der Waals surface area contributed by atoms with E-state index in [9.17, 15) is 5.11 Å². The normalized spacial score (nSPS) is 10.8. The Morgan fingerprint density at radius 2 is 1.88 bits per heavy atom. The minimum atomic E-state index is 0.275. The lowest BCUT2D eigenvalue weighted by atomic mass is 10.2. The summed E-state index contributed by atoms with van der Waals surface area (Å²) in [6, 6.07) is 15.5. The topological polar surface area (TPSA) is 38.1 Å². The van der Waals surface area contributed by atoms with Gasteiger partial charge in [-0.05, 0) is 23.8 Å². The van der Waals surface area contributed by atoms with Crippen LogP contribution in [0, 0.1) is 0 Å². The molecular weight excluding hydrogens is 212 g/mol. The maximum absolute atomic E-state index is 9.39. The van der Waals surface area contributed by atoms with Crippen molar-refractivity contribution in [2.24, 2.45) is 0 Å². The van der Waals surface area contributed by atoms with Gasteiger partial charge in [0.15, 0.2) is 0 Å². The molecule has 0 spiro atoms. The zero-order valence-corrected chi connectivity index (χ0v) is 9.24. The summed E-state index contributed by atoms with van der Waals surface area (Å²) in [6.07, 6.45) is 1.78. The van der Waals surface area contributed by atoms with E-state index in [4.69, 9.17) is 0 Å². The van der Waals surface area contributed by atoms with Gasteiger partial charge in [-0.25, -0.2) is 0 Å². The monoisotopic (exact) mass is 224 g/mol. The highest BCUT2D eigenvalue weighted by Gasteiger charge is 2.03. The van der Waals surface area contributed by atoms with Crippen molar-refractivity contribution in [3.05, 3.63) is 60.3 Å². The van der Waals surface area contributed by atoms with Crippen LogP contribution in [0.1, 0.15) is 5.56 Å². The number of phenols is 1. The zero-order chi connectivity index (χ0) is 11.7. The third kappa shape index (κ3) is 1.87. The van der Waals surface area contributed by atoms with E-state index in [1.165, 1.54) is 5.56 Å². The van der Waals surface area contributed by atoms with Gasteiger partial charge in [-0.1, -0.05) is 30.3 Å². The summed E-state index contributed by atoms with van der Waals surface area (Å²) in [4.78, 5) is 0. The molecule has 3 rings (SSSR count). The van der Waals surface area contributed by atoms with Crippen molar-refractivity contribution in [3.63, 3.8) is 0 Å². The summed E-state index contributed by atoms with van der Waals surface area (Å²) < 4.78 is 1.93. The predicted molar refractivity (Wildman–Crippen MR) is 66.9 cm³/mol. The number of aromatic nitrogens is 2. The lowest BCUT2D eigenvalue weighted by molar-refractivity contribution is 0.476. The number of fused-ring (bicyclic) bond motifs is 1. The van der Waals surface area contributed by atoms with Crippen LogP contribution in [0.15, 0.2) is 54.7 Å². The summed E-state index contributed by atoms with van der Waals surface area (Å²) in [7, 11) is 0. The molecular formula is C14H12N2O. The molecule has 1 N–H and O–H groups in total. The number of nitrogens with zero attached hydrogens (tertiary/aromatic N) is 2. The van der Waals surface area contributed by atoms with Crippen LogP contribution in [0.3, 0.4) is 0 Å². The molecule has 0 fully saturated rings. The van der Waals surface area contributed by atoms with Crippen molar-refractivity contribution >= 4 is 10.9 Å². The van der Waals surface area contributed by atoms with E-state index in [1.54, 1.807) is 18.3 Å². The Bertz CT molecular complexity index is 644. The standard InChI is InChI=1S/C14H12N2O/c17-13-6-7-14-12(8-13)9-15-16(14)10-11-4-2-1-3-5-11/h1-9,17H,10H2. The Morgan fingerprint density at radius 1 is 1.06 bits per heavy atom. The van der Waals surface area contributed by atoms with Gasteiger partial charge in [-0.15, -0.1) is 0 Å². The first kappa shape index (κ1) is 9.90. The second-order valence-electron chi connectivity index (χ2n) is 4.03. The molecule has 17 heavy (non-hydrogen) atoms. The first-order valence-corrected chi connectivity index (χ1v) is 5.51.